The van der Waals surface area contributed by atoms with E-state index < -0.39 is 7.12 Å². The average molecular weight is 180 g/mol. The largest absolute Gasteiger partial charge is 0.480 e. The molecule has 0 fully saturated rings. The van der Waals surface area contributed by atoms with E-state index in [0.29, 0.717) is 5.56 Å². The highest BCUT2D eigenvalue weighted by Gasteiger charge is 2.00. The van der Waals surface area contributed by atoms with Crippen LogP contribution in [0, 0.1) is 12.7 Å². The lowest BCUT2D eigenvalue weighted by molar-refractivity contribution is 0.424. The molecule has 1 aromatic carbocycles. The Kier molecular flexibility index (Phi) is 3.22. The van der Waals surface area contributed by atoms with Crippen molar-refractivity contribution in [3.63, 3.8) is 0 Å². The third-order valence-electron chi connectivity index (χ3n) is 1.69. The molecule has 0 aliphatic heterocycles. The zero-order chi connectivity index (χ0) is 9.84. The highest BCUT2D eigenvalue weighted by molar-refractivity contribution is 6.48. The van der Waals surface area contributed by atoms with Crippen molar-refractivity contribution in [2.45, 2.75) is 6.92 Å². The number of benzene rings is 1. The van der Waals surface area contributed by atoms with Crippen LogP contribution in [0.15, 0.2) is 24.2 Å². The van der Waals surface area contributed by atoms with Crippen molar-refractivity contribution in [1.29, 1.82) is 0 Å². The fourth-order valence-corrected chi connectivity index (χ4v) is 0.981. The summed E-state index contributed by atoms with van der Waals surface area (Å²) in [6, 6.07) is 4.34. The summed E-state index contributed by atoms with van der Waals surface area (Å²) in [5.41, 5.74) is 1.53. The van der Waals surface area contributed by atoms with Crippen molar-refractivity contribution in [3.8, 4) is 0 Å². The molecule has 0 amide bonds. The zero-order valence-electron chi connectivity index (χ0n) is 7.24. The highest BCUT2D eigenvalue weighted by atomic mass is 19.1. The molecule has 0 aliphatic carbocycles. The van der Waals surface area contributed by atoms with Crippen LogP contribution in [0.4, 0.5) is 4.39 Å². The van der Waals surface area contributed by atoms with Gasteiger partial charge in [0, 0.05) is 0 Å². The summed E-state index contributed by atoms with van der Waals surface area (Å²) < 4.78 is 12.7. The van der Waals surface area contributed by atoms with Gasteiger partial charge in [-0.25, -0.2) is 4.39 Å². The van der Waals surface area contributed by atoms with E-state index in [2.05, 4.69) is 0 Å². The fourth-order valence-electron chi connectivity index (χ4n) is 0.981. The minimum absolute atomic E-state index is 0.335. The summed E-state index contributed by atoms with van der Waals surface area (Å²) in [5.74, 6) is 0.847. The summed E-state index contributed by atoms with van der Waals surface area (Å²) in [5, 5.41) is 17.1. The van der Waals surface area contributed by atoms with Crippen molar-refractivity contribution in [3.05, 3.63) is 41.1 Å². The number of halogens is 1. The molecule has 68 valence electrons. The van der Waals surface area contributed by atoms with E-state index in [1.807, 2.05) is 6.92 Å². The summed E-state index contributed by atoms with van der Waals surface area (Å²) in [4.78, 5) is 0. The third-order valence-corrected chi connectivity index (χ3v) is 1.69. The Morgan fingerprint density at radius 2 is 2.08 bits per heavy atom. The van der Waals surface area contributed by atoms with Crippen LogP contribution in [0.25, 0.3) is 6.08 Å². The summed E-state index contributed by atoms with van der Waals surface area (Å²) in [6.45, 7) is 1.82. The van der Waals surface area contributed by atoms with Gasteiger partial charge in [0.1, 0.15) is 5.82 Å². The number of aryl methyl sites for hydroxylation is 1. The van der Waals surface area contributed by atoms with Gasteiger partial charge in [-0.3, -0.25) is 0 Å². The Morgan fingerprint density at radius 3 is 2.69 bits per heavy atom. The Morgan fingerprint density at radius 1 is 1.38 bits per heavy atom. The first-order valence-corrected chi connectivity index (χ1v) is 3.90. The lowest BCUT2D eigenvalue weighted by atomic mass is 9.90. The van der Waals surface area contributed by atoms with Gasteiger partial charge in [-0.15, -0.1) is 0 Å². The van der Waals surface area contributed by atoms with E-state index in [-0.39, 0.29) is 5.82 Å². The van der Waals surface area contributed by atoms with Gasteiger partial charge in [-0.2, -0.15) is 0 Å². The molecule has 0 aliphatic rings. The van der Waals surface area contributed by atoms with Crippen molar-refractivity contribution in [2.75, 3.05) is 0 Å². The Hall–Kier alpha value is -1.13. The molecule has 0 bridgehead atoms. The molecule has 0 aromatic heterocycles. The Bertz CT molecular complexity index is 323. The van der Waals surface area contributed by atoms with Crippen LogP contribution in [-0.4, -0.2) is 17.2 Å². The minimum atomic E-state index is -1.50. The molecule has 0 saturated heterocycles. The molecule has 0 unspecified atom stereocenters. The first-order valence-electron chi connectivity index (χ1n) is 3.90. The molecule has 0 spiro atoms. The van der Waals surface area contributed by atoms with E-state index in [1.54, 1.807) is 6.07 Å². The van der Waals surface area contributed by atoms with E-state index in [0.717, 1.165) is 5.56 Å². The van der Waals surface area contributed by atoms with Crippen molar-refractivity contribution in [2.24, 2.45) is 0 Å². The van der Waals surface area contributed by atoms with Gasteiger partial charge in [0.25, 0.3) is 0 Å². The van der Waals surface area contributed by atoms with Gasteiger partial charge in [0.2, 0.25) is 0 Å². The number of rotatable bonds is 2. The quantitative estimate of drug-likeness (QED) is 0.670. The van der Waals surface area contributed by atoms with Crippen LogP contribution >= 0.6 is 0 Å². The molecule has 13 heavy (non-hydrogen) atoms. The SMILES string of the molecule is Cc1ccc(F)cc1/C=C/B(O)O. The maximum atomic E-state index is 12.7. The molecular weight excluding hydrogens is 170 g/mol. The molecule has 2 N–H and O–H groups in total. The van der Waals surface area contributed by atoms with Crippen LogP contribution in [0.5, 0.6) is 0 Å². The molecule has 1 rings (SSSR count). The molecule has 0 atom stereocenters. The van der Waals surface area contributed by atoms with Gasteiger partial charge in [0.15, 0.2) is 0 Å². The molecule has 0 heterocycles. The monoisotopic (exact) mass is 180 g/mol. The lowest BCUT2D eigenvalue weighted by Crippen LogP contribution is -2.05. The maximum absolute atomic E-state index is 12.7. The zero-order valence-corrected chi connectivity index (χ0v) is 7.24. The van der Waals surface area contributed by atoms with Crippen molar-refractivity contribution < 1.29 is 14.4 Å². The van der Waals surface area contributed by atoms with Crippen LogP contribution in [0.2, 0.25) is 0 Å². The smallest absolute Gasteiger partial charge is 0.424 e. The normalized spacial score (nSPS) is 10.8. The summed E-state index contributed by atoms with van der Waals surface area (Å²) in [7, 11) is -1.50. The maximum Gasteiger partial charge on any atom is 0.480 e. The van der Waals surface area contributed by atoms with Crippen LogP contribution in [-0.2, 0) is 0 Å². The van der Waals surface area contributed by atoms with Crippen LogP contribution < -0.4 is 0 Å². The van der Waals surface area contributed by atoms with E-state index in [1.165, 1.54) is 24.2 Å². The highest BCUT2D eigenvalue weighted by Crippen LogP contribution is 2.11. The molecule has 0 radical (unpaired) electrons. The van der Waals surface area contributed by atoms with Crippen molar-refractivity contribution in [1.82, 2.24) is 0 Å². The van der Waals surface area contributed by atoms with Crippen molar-refractivity contribution >= 4 is 13.2 Å². The topological polar surface area (TPSA) is 40.5 Å². The second-order valence-corrected chi connectivity index (χ2v) is 2.77. The standard InChI is InChI=1S/C9H10BFO2/c1-7-2-3-9(11)6-8(7)4-5-10(12)13/h2-6,12-13H,1H3/b5-4+. The van der Waals surface area contributed by atoms with Gasteiger partial charge >= 0.3 is 7.12 Å². The van der Waals surface area contributed by atoms with E-state index in [4.69, 9.17) is 10.0 Å². The van der Waals surface area contributed by atoms with Crippen LogP contribution in [0.3, 0.4) is 0 Å². The minimum Gasteiger partial charge on any atom is -0.424 e. The second-order valence-electron chi connectivity index (χ2n) is 2.77. The lowest BCUT2D eigenvalue weighted by Gasteiger charge is -1.99. The fraction of sp³-hybridized carbons (Fsp3) is 0.111. The van der Waals surface area contributed by atoms with E-state index in [9.17, 15) is 4.39 Å². The van der Waals surface area contributed by atoms with Crippen LogP contribution in [0.1, 0.15) is 11.1 Å². The third kappa shape index (κ3) is 3.01. The molecule has 2 nitrogen and oxygen atoms in total. The van der Waals surface area contributed by atoms with E-state index >= 15 is 0 Å². The molecular formula is C9H10BFO2. The predicted octanol–water partition coefficient (Wildman–Crippen LogP) is 1.16. The first kappa shape index (κ1) is 9.96. The average Bonchev–Trinajstić information content (AvgIpc) is 2.06. The Labute approximate surface area is 76.5 Å². The molecule has 0 saturated carbocycles. The van der Waals surface area contributed by atoms with Gasteiger partial charge in [0.05, 0.1) is 0 Å². The number of hydrogen-bond acceptors (Lipinski definition) is 2. The summed E-state index contributed by atoms with van der Waals surface area (Å²) in [6.07, 6.45) is 1.48. The van der Waals surface area contributed by atoms with Gasteiger partial charge < -0.3 is 10.0 Å². The predicted molar refractivity (Wildman–Crippen MR) is 50.4 cm³/mol. The molecule has 1 aromatic rings. The molecule has 4 heteroatoms. The Balaban J connectivity index is 2.93. The first-order chi connectivity index (χ1) is 6.09. The summed E-state index contributed by atoms with van der Waals surface area (Å²) >= 11 is 0. The van der Waals surface area contributed by atoms with Gasteiger partial charge in [-0.1, -0.05) is 18.1 Å². The number of hydrogen-bond donors (Lipinski definition) is 2. The second kappa shape index (κ2) is 4.21. The van der Waals surface area contributed by atoms with Gasteiger partial charge in [-0.05, 0) is 30.2 Å².